The highest BCUT2D eigenvalue weighted by atomic mass is 31.2. The van der Waals surface area contributed by atoms with Crippen LogP contribution < -0.4 is 15.9 Å². The van der Waals surface area contributed by atoms with E-state index in [1.54, 1.807) is 54.6 Å². The Labute approximate surface area is 227 Å². The van der Waals surface area contributed by atoms with Crippen LogP contribution in [0.25, 0.3) is 0 Å². The van der Waals surface area contributed by atoms with Crippen LogP contribution in [0.5, 0.6) is 0 Å². The lowest BCUT2D eigenvalue weighted by Gasteiger charge is -2.20. The smallest absolute Gasteiger partial charge is 0.225 e. The molecule has 6 nitrogen and oxygen atoms in total. The third-order valence-corrected chi connectivity index (χ3v) is 13.1. The van der Waals surface area contributed by atoms with Crippen molar-refractivity contribution in [3.8, 4) is 0 Å². The summed E-state index contributed by atoms with van der Waals surface area (Å²) in [4.78, 5) is 40.0. The zero-order chi connectivity index (χ0) is 28.4. The largest absolute Gasteiger partial charge is 0.310 e. The first-order valence-electron chi connectivity index (χ1n) is 12.0. The molecule has 0 spiro atoms. The zero-order valence-electron chi connectivity index (χ0n) is 21.6. The lowest BCUT2D eigenvalue weighted by Crippen LogP contribution is -2.27. The fourth-order valence-electron chi connectivity index (χ4n) is 4.05. The predicted octanol–water partition coefficient (Wildman–Crippen LogP) is 5.86. The number of carbonyl (C=O) groups excluding carboxylic acids is 3. The van der Waals surface area contributed by atoms with Crippen LogP contribution >= 0.6 is 21.4 Å². The van der Waals surface area contributed by atoms with Gasteiger partial charge in [-0.05, 0) is 12.1 Å². The summed E-state index contributed by atoms with van der Waals surface area (Å²) in [5, 5.41) is -0.338. The summed E-state index contributed by atoms with van der Waals surface area (Å²) in [5.41, 5.74) is -1.41. The Kier molecular flexibility index (Phi) is 8.05. The number of hydrogen-bond donors (Lipinski definition) is 0. The summed E-state index contributed by atoms with van der Waals surface area (Å²) in [5.74, 6) is 0. The van der Waals surface area contributed by atoms with Crippen molar-refractivity contribution >= 4 is 53.9 Å². The zero-order valence-corrected chi connectivity index (χ0v) is 24.3. The van der Waals surface area contributed by atoms with Crippen LogP contribution in [0.1, 0.15) is 31.1 Å². The molecule has 4 rings (SSSR count). The van der Waals surface area contributed by atoms with Gasteiger partial charge in [-0.1, -0.05) is 91.0 Å². The summed E-state index contributed by atoms with van der Waals surface area (Å²) in [6.07, 6.45) is 0. The van der Waals surface area contributed by atoms with Gasteiger partial charge in [-0.2, -0.15) is 0 Å². The molecule has 4 aromatic carbocycles. The quantitative estimate of drug-likeness (QED) is 0.232. The van der Waals surface area contributed by atoms with Gasteiger partial charge in [-0.15, -0.1) is 0 Å². The summed E-state index contributed by atoms with van der Waals surface area (Å²) < 4.78 is 42.1. The van der Waals surface area contributed by atoms with Gasteiger partial charge in [0.2, 0.25) is 16.6 Å². The van der Waals surface area contributed by atoms with E-state index >= 15 is 0 Å². The molecule has 4 aromatic rings. The van der Waals surface area contributed by atoms with Crippen molar-refractivity contribution in [3.63, 3.8) is 0 Å². The van der Waals surface area contributed by atoms with E-state index in [0.717, 1.165) is 0 Å². The minimum Gasteiger partial charge on any atom is -0.310 e. The van der Waals surface area contributed by atoms with Gasteiger partial charge in [-0.25, -0.2) is 0 Å². The molecule has 0 heterocycles. The third kappa shape index (κ3) is 5.65. The van der Waals surface area contributed by atoms with E-state index in [2.05, 4.69) is 6.07 Å². The van der Waals surface area contributed by atoms with E-state index in [0.29, 0.717) is 0 Å². The van der Waals surface area contributed by atoms with Crippen LogP contribution in [0.3, 0.4) is 0 Å². The Morgan fingerprint density at radius 3 is 1.08 bits per heavy atom. The molecule has 0 N–H and O–H groups in total. The Bertz CT molecular complexity index is 1500. The second kappa shape index (κ2) is 11.0. The molecule has 39 heavy (non-hydrogen) atoms. The van der Waals surface area contributed by atoms with Gasteiger partial charge < -0.3 is 13.7 Å². The van der Waals surface area contributed by atoms with Crippen molar-refractivity contribution in [2.24, 2.45) is 0 Å². The van der Waals surface area contributed by atoms with Gasteiger partial charge in [0, 0.05) is 58.7 Å². The third-order valence-electron chi connectivity index (χ3n) is 6.46. The highest BCUT2D eigenvalue weighted by molar-refractivity contribution is 7.89. The second-order valence-corrected chi connectivity index (χ2v) is 17.6. The SMILES string of the molecule is CP(=O)(C(=O)c1ccccc1)c1[c]c(P(C)(=O)C(=O)c2ccccc2)cc(P(C)(=O)C(=O)c2ccccc2)c1. The lowest BCUT2D eigenvalue weighted by molar-refractivity contribution is 0.107. The van der Waals surface area contributed by atoms with E-state index in [-0.39, 0.29) is 32.6 Å². The lowest BCUT2D eigenvalue weighted by atomic mass is 10.2. The van der Waals surface area contributed by atoms with Crippen LogP contribution in [0, 0.1) is 6.07 Å². The Morgan fingerprint density at radius 2 is 0.769 bits per heavy atom. The molecule has 0 saturated carbocycles. The fourth-order valence-corrected chi connectivity index (χ4v) is 9.13. The molecule has 9 heteroatoms. The standard InChI is InChI=1S/C30H26O6P3/c1-37(34,28(31)22-13-7-4-8-14-22)25-19-26(38(2,35)29(32)23-15-9-5-10-16-23)21-27(20-25)39(3,36)30(33)24-17-11-6-12-18-24/h4-20H,1-3H3. The summed E-state index contributed by atoms with van der Waals surface area (Å²) >= 11 is 0. The van der Waals surface area contributed by atoms with Crippen LogP contribution in [0.15, 0.2) is 103 Å². The van der Waals surface area contributed by atoms with E-state index in [1.807, 2.05) is 0 Å². The molecular formula is C30H26O6P3. The van der Waals surface area contributed by atoms with Gasteiger partial charge >= 0.3 is 0 Å². The number of rotatable bonds is 9. The van der Waals surface area contributed by atoms with Crippen LogP contribution in [0.4, 0.5) is 0 Å². The first kappa shape index (κ1) is 28.6. The minimum absolute atomic E-state index is 0.0500. The topological polar surface area (TPSA) is 102 Å². The average molecular weight is 575 g/mol. The molecular weight excluding hydrogens is 549 g/mol. The summed E-state index contributed by atoms with van der Waals surface area (Å²) in [6.45, 7) is 3.77. The average Bonchev–Trinajstić information content (AvgIpc) is 2.97. The van der Waals surface area contributed by atoms with Crippen molar-refractivity contribution in [2.75, 3.05) is 20.0 Å². The fraction of sp³-hybridized carbons (Fsp3) is 0.100. The van der Waals surface area contributed by atoms with Gasteiger partial charge in [0.15, 0.2) is 21.4 Å². The molecule has 0 fully saturated rings. The van der Waals surface area contributed by atoms with Crippen LogP contribution in [-0.4, -0.2) is 36.6 Å². The van der Waals surface area contributed by atoms with E-state index in [1.165, 1.54) is 68.5 Å². The van der Waals surface area contributed by atoms with Gasteiger partial charge in [0.05, 0.1) is 0 Å². The molecule has 197 valence electrons. The maximum absolute atomic E-state index is 14.0. The first-order chi connectivity index (χ1) is 18.4. The number of hydrogen-bond acceptors (Lipinski definition) is 6. The van der Waals surface area contributed by atoms with E-state index in [9.17, 15) is 28.1 Å². The van der Waals surface area contributed by atoms with E-state index < -0.39 is 38.0 Å². The Hall–Kier alpha value is -3.42. The molecule has 0 amide bonds. The molecule has 1 radical (unpaired) electrons. The van der Waals surface area contributed by atoms with Crippen LogP contribution in [0.2, 0.25) is 0 Å². The maximum atomic E-state index is 14.0. The van der Waals surface area contributed by atoms with Crippen molar-refractivity contribution in [2.45, 2.75) is 0 Å². The Morgan fingerprint density at radius 1 is 0.487 bits per heavy atom. The monoisotopic (exact) mass is 575 g/mol. The van der Waals surface area contributed by atoms with Gasteiger partial charge in [0.25, 0.3) is 0 Å². The predicted molar refractivity (Wildman–Crippen MR) is 157 cm³/mol. The van der Waals surface area contributed by atoms with Crippen molar-refractivity contribution in [1.82, 2.24) is 0 Å². The van der Waals surface area contributed by atoms with E-state index in [4.69, 9.17) is 0 Å². The van der Waals surface area contributed by atoms with Gasteiger partial charge in [-0.3, -0.25) is 14.4 Å². The second-order valence-electron chi connectivity index (χ2n) is 9.40. The molecule has 0 aliphatic rings. The minimum atomic E-state index is -3.91. The highest BCUT2D eigenvalue weighted by Gasteiger charge is 2.38. The molecule has 0 saturated heterocycles. The molecule has 0 aliphatic carbocycles. The van der Waals surface area contributed by atoms with Gasteiger partial charge in [0.1, 0.15) is 0 Å². The summed E-state index contributed by atoms with van der Waals surface area (Å²) in [7, 11) is -11.7. The maximum Gasteiger partial charge on any atom is 0.225 e. The normalized spacial score (nSPS) is 15.8. The number of benzene rings is 4. The molecule has 0 bridgehead atoms. The molecule has 0 aromatic heterocycles. The Balaban J connectivity index is 1.93. The van der Waals surface area contributed by atoms with Crippen LogP contribution in [-0.2, 0) is 13.7 Å². The molecule has 3 unspecified atom stereocenters. The summed E-state index contributed by atoms with van der Waals surface area (Å²) in [6, 6.07) is 29.5. The van der Waals surface area contributed by atoms with Crippen molar-refractivity contribution in [3.05, 3.63) is 126 Å². The highest BCUT2D eigenvalue weighted by Crippen LogP contribution is 2.50. The molecule has 0 aliphatic heterocycles. The van der Waals surface area contributed by atoms with Crippen molar-refractivity contribution in [1.29, 1.82) is 0 Å². The first-order valence-corrected chi connectivity index (χ1v) is 18.4. The molecule has 3 atom stereocenters. The van der Waals surface area contributed by atoms with Crippen molar-refractivity contribution < 1.29 is 28.1 Å². The number of carbonyl (C=O) groups is 3.